The van der Waals surface area contributed by atoms with Gasteiger partial charge in [0.25, 0.3) is 0 Å². The van der Waals surface area contributed by atoms with Crippen LogP contribution in [0.15, 0.2) is 58.5 Å². The number of guanidine groups is 2. The molecule has 0 spiro atoms. The van der Waals surface area contributed by atoms with Gasteiger partial charge in [-0.1, -0.05) is 58.4 Å². The van der Waals surface area contributed by atoms with Gasteiger partial charge < -0.3 is 101 Å². The van der Waals surface area contributed by atoms with Gasteiger partial charge in [-0.05, 0) is 118 Å². The summed E-state index contributed by atoms with van der Waals surface area (Å²) in [6, 6.07) is -0.352. The Hall–Kier alpha value is -10.4. The molecule has 2 saturated heterocycles. The second kappa shape index (κ2) is 42.0. The zero-order valence-corrected chi connectivity index (χ0v) is 57.9. The third-order valence-electron chi connectivity index (χ3n) is 17.1. The van der Waals surface area contributed by atoms with Crippen molar-refractivity contribution in [2.24, 2.45) is 50.5 Å². The molecule has 0 aromatic heterocycles. The van der Waals surface area contributed by atoms with Crippen LogP contribution >= 0.6 is 0 Å². The summed E-state index contributed by atoms with van der Waals surface area (Å²) >= 11 is 0. The van der Waals surface area contributed by atoms with Crippen molar-refractivity contribution >= 4 is 95.0 Å². The molecule has 2 aliphatic heterocycles. The highest BCUT2D eigenvalue weighted by molar-refractivity contribution is 5.99. The SMILES string of the molecule is CC[C@H](C)[C@H](NC(=O)[C@H](Cc1ccc(O)cc1)NC(=O)[C@@H]1CCCN1C(=O)[C@H](CCCN=C(N)N)NC(=O)[C@H](Cc1ccc(N=C(N)N)cc1)NC(=O)[C@@H]1CCCN1C(=O)[C@@H](CCCCN)NC(=O)N(CCN(CCN(CC(=O)O)CC(=O)O)CC(=O)O)C(=O)O)C(=O)N[C@@H](CC(C)C)C(=O)O. The Morgan fingerprint density at radius 1 is 0.559 bits per heavy atom. The maximum absolute atomic E-state index is 15.1. The number of aliphatic carboxylic acids is 4. The normalized spacial score (nSPS) is 16.2. The molecule has 564 valence electrons. The number of rotatable bonds is 43. The first-order chi connectivity index (χ1) is 48.2. The van der Waals surface area contributed by atoms with E-state index in [9.17, 15) is 83.4 Å². The first-order valence-electron chi connectivity index (χ1n) is 33.7. The van der Waals surface area contributed by atoms with Crippen molar-refractivity contribution in [1.82, 2.24) is 56.4 Å². The number of aromatic hydroxyl groups is 1. The van der Waals surface area contributed by atoms with E-state index in [1.165, 1.54) is 46.2 Å². The number of carboxylic acids is 4. The molecule has 2 heterocycles. The molecule has 0 bridgehead atoms. The molecule has 0 radical (unpaired) electrons. The lowest BCUT2D eigenvalue weighted by atomic mass is 9.96. The molecular formula is C65H100N18O19. The van der Waals surface area contributed by atoms with Crippen LogP contribution in [0.5, 0.6) is 5.75 Å². The second-order valence-corrected chi connectivity index (χ2v) is 25.6. The third kappa shape index (κ3) is 28.3. The Kier molecular flexibility index (Phi) is 34.6. The largest absolute Gasteiger partial charge is 0.508 e. The van der Waals surface area contributed by atoms with Crippen LogP contribution in [0.3, 0.4) is 0 Å². The van der Waals surface area contributed by atoms with Gasteiger partial charge in [0.2, 0.25) is 41.4 Å². The average Bonchev–Trinajstić information content (AvgIpc) is 1.59. The molecule has 0 saturated carbocycles. The molecule has 10 amide bonds. The smallest absolute Gasteiger partial charge is 0.415 e. The Morgan fingerprint density at radius 3 is 1.50 bits per heavy atom. The second-order valence-electron chi connectivity index (χ2n) is 25.6. The molecule has 102 heavy (non-hydrogen) atoms. The number of aliphatic imine (C=N–C) groups is 2. The molecule has 9 atom stereocenters. The lowest BCUT2D eigenvalue weighted by molar-refractivity contribution is -0.144. The molecule has 22 N–H and O–H groups in total. The molecule has 37 heteroatoms. The van der Waals surface area contributed by atoms with Crippen molar-refractivity contribution in [1.29, 1.82) is 0 Å². The number of phenolic OH excluding ortho intramolecular Hbond substituents is 1. The number of unbranched alkanes of at least 4 members (excludes halogenated alkanes) is 1. The fourth-order valence-corrected chi connectivity index (χ4v) is 11.7. The van der Waals surface area contributed by atoms with E-state index in [4.69, 9.17) is 28.7 Å². The lowest BCUT2D eigenvalue weighted by Crippen LogP contribution is -2.61. The van der Waals surface area contributed by atoms with Crippen LogP contribution in [-0.4, -0.2) is 265 Å². The minimum Gasteiger partial charge on any atom is -0.508 e. The molecule has 0 aliphatic carbocycles. The molecule has 37 nitrogen and oxygen atoms in total. The first kappa shape index (κ1) is 84.0. The zero-order valence-electron chi connectivity index (χ0n) is 57.9. The highest BCUT2D eigenvalue weighted by atomic mass is 16.4. The number of carbonyl (C=O) groups is 13. The van der Waals surface area contributed by atoms with Crippen LogP contribution in [0.2, 0.25) is 0 Å². The van der Waals surface area contributed by atoms with Gasteiger partial charge in [0.1, 0.15) is 54.1 Å². The number of phenols is 1. The highest BCUT2D eigenvalue weighted by Crippen LogP contribution is 2.24. The minimum absolute atomic E-state index is 0.0151. The van der Waals surface area contributed by atoms with Crippen LogP contribution < -0.4 is 60.6 Å². The van der Waals surface area contributed by atoms with Crippen LogP contribution in [0.4, 0.5) is 15.3 Å². The van der Waals surface area contributed by atoms with Crippen LogP contribution in [0.1, 0.15) is 109 Å². The summed E-state index contributed by atoms with van der Waals surface area (Å²) in [5.41, 5.74) is 29.5. The number of hydrogen-bond donors (Lipinski definition) is 17. The Balaban J connectivity index is 1.68. The molecule has 2 aromatic rings. The Labute approximate surface area is 589 Å². The van der Waals surface area contributed by atoms with E-state index in [0.717, 1.165) is 9.80 Å². The van der Waals surface area contributed by atoms with Crippen molar-refractivity contribution in [3.8, 4) is 5.75 Å². The number of nitrogens with zero attached hydrogens (tertiary/aromatic N) is 7. The summed E-state index contributed by atoms with van der Waals surface area (Å²) in [5.74, 6) is -12.4. The van der Waals surface area contributed by atoms with E-state index in [2.05, 4.69) is 41.9 Å². The maximum Gasteiger partial charge on any atom is 0.415 e. The summed E-state index contributed by atoms with van der Waals surface area (Å²) in [6.07, 6.45) is -0.806. The van der Waals surface area contributed by atoms with E-state index in [-0.39, 0.29) is 138 Å². The van der Waals surface area contributed by atoms with E-state index in [0.29, 0.717) is 29.7 Å². The molecule has 0 unspecified atom stereocenters. The molecule has 2 aromatic carbocycles. The minimum atomic E-state index is -1.81. The predicted molar refractivity (Wildman–Crippen MR) is 369 cm³/mol. The Morgan fingerprint density at radius 2 is 1.03 bits per heavy atom. The number of imide groups is 1. The molecule has 2 fully saturated rings. The lowest BCUT2D eigenvalue weighted by Gasteiger charge is -2.32. The number of likely N-dealkylation sites (tertiary alicyclic amines) is 2. The number of hydrogen-bond acceptors (Lipinski definition) is 19. The fraction of sp³-hybridized carbons (Fsp3) is 0.585. The average molecular weight is 1440 g/mol. The maximum atomic E-state index is 15.1. The summed E-state index contributed by atoms with van der Waals surface area (Å²) in [6.45, 7) is 3.26. The highest BCUT2D eigenvalue weighted by Gasteiger charge is 2.43. The standard InChI is InChI=1S/C65H100N18O19/c1-5-38(4)53(58(95)76-47(61(98)99)31-37(2)3)78-55(92)46(33-40-17-21-42(84)22-18-40)75-57(94)48-13-9-25-81(48)59(96)43(12-8-24-71-62(67)68)73-54(91)45(32-39-15-19-41(20-16-39)72-63(69)70)74-56(93)49-14-10-26-82(49)60(97)44(11-6-7-23-66)77-64(100)83(65(101)102)30-29-79(34-50(85)86)27-28-80(35-51(87)88)36-52(89)90/h15-22,37-38,43-49,53,84H,5-14,23-36,66H2,1-4H3,(H,73,91)(H,74,93)(H,75,94)(H,76,95)(H,77,100)(H,78,92)(H,85,86)(H,87,88)(H,89,90)(H,98,99)(H,101,102)(H4,67,68,71)(H4,69,70,72)/t38-,43-,44+,45-,46-,47-,48-,49-,53-/m0/s1. The number of amides is 10. The number of benzene rings is 2. The number of carboxylic acid groups (broad SMARTS) is 5. The third-order valence-corrected chi connectivity index (χ3v) is 17.1. The number of carbonyl (C=O) groups excluding carboxylic acids is 8. The predicted octanol–water partition coefficient (Wildman–Crippen LogP) is -2.24. The number of nitrogens with one attached hydrogen (secondary N) is 6. The van der Waals surface area contributed by atoms with Crippen LogP contribution in [0.25, 0.3) is 0 Å². The quantitative estimate of drug-likeness (QED) is 0.0190. The summed E-state index contributed by atoms with van der Waals surface area (Å²) in [4.78, 5) is 189. The van der Waals surface area contributed by atoms with Crippen LogP contribution in [0, 0.1) is 11.8 Å². The topological polar surface area (TPSA) is 586 Å². The van der Waals surface area contributed by atoms with Gasteiger partial charge in [0.05, 0.1) is 25.3 Å². The summed E-state index contributed by atoms with van der Waals surface area (Å²) in [7, 11) is 0. The van der Waals surface area contributed by atoms with Crippen molar-refractivity contribution in [2.45, 2.75) is 160 Å². The molecular weight excluding hydrogens is 1340 g/mol. The van der Waals surface area contributed by atoms with Gasteiger partial charge in [-0.15, -0.1) is 0 Å². The number of nitrogens with two attached hydrogens (primary N) is 5. The van der Waals surface area contributed by atoms with Gasteiger partial charge in [-0.25, -0.2) is 24.3 Å². The first-order valence-corrected chi connectivity index (χ1v) is 33.7. The van der Waals surface area contributed by atoms with E-state index in [1.807, 2.05) is 0 Å². The monoisotopic (exact) mass is 1440 g/mol. The van der Waals surface area contributed by atoms with E-state index in [1.54, 1.807) is 39.8 Å². The Bertz CT molecular complexity index is 3260. The van der Waals surface area contributed by atoms with E-state index >= 15 is 9.59 Å². The summed E-state index contributed by atoms with van der Waals surface area (Å²) in [5, 5.41) is 74.5. The van der Waals surface area contributed by atoms with Gasteiger partial charge in [-0.2, -0.15) is 0 Å². The van der Waals surface area contributed by atoms with Gasteiger partial charge in [-0.3, -0.25) is 62.7 Å². The van der Waals surface area contributed by atoms with Crippen LogP contribution in [-0.2, 0) is 65.6 Å². The van der Waals surface area contributed by atoms with Crippen molar-refractivity contribution < 1.29 is 93.0 Å². The molecule has 2 aliphatic rings. The van der Waals surface area contributed by atoms with Gasteiger partial charge in [0, 0.05) is 58.7 Å². The van der Waals surface area contributed by atoms with Gasteiger partial charge >= 0.3 is 36.0 Å². The number of urea groups is 1. The zero-order chi connectivity index (χ0) is 75.9. The molecule has 4 rings (SSSR count). The van der Waals surface area contributed by atoms with Gasteiger partial charge in [0.15, 0.2) is 11.9 Å². The summed E-state index contributed by atoms with van der Waals surface area (Å²) < 4.78 is 0. The van der Waals surface area contributed by atoms with E-state index < -0.39 is 164 Å². The fourth-order valence-electron chi connectivity index (χ4n) is 11.7. The van der Waals surface area contributed by atoms with Crippen molar-refractivity contribution in [3.63, 3.8) is 0 Å². The van der Waals surface area contributed by atoms with Crippen molar-refractivity contribution in [3.05, 3.63) is 59.7 Å². The van der Waals surface area contributed by atoms with Crippen molar-refractivity contribution in [2.75, 3.05) is 72.0 Å².